The first-order valence-electron chi connectivity index (χ1n) is 7.24. The van der Waals surface area contributed by atoms with E-state index in [4.69, 9.17) is 4.74 Å². The van der Waals surface area contributed by atoms with E-state index in [1.165, 1.54) is 24.0 Å². The molecule has 2 unspecified atom stereocenters. The van der Waals surface area contributed by atoms with E-state index in [2.05, 4.69) is 43.4 Å². The molecule has 1 aromatic carbocycles. The summed E-state index contributed by atoms with van der Waals surface area (Å²) in [5.41, 5.74) is 2.86. The SMILES string of the molecule is Cc1ccccc1CSCCNC(C)C1CCCO1. The van der Waals surface area contributed by atoms with Gasteiger partial charge in [-0.2, -0.15) is 11.8 Å². The highest BCUT2D eigenvalue weighted by Gasteiger charge is 2.21. The standard InChI is InChI=1S/C16H25NOS/c1-13-6-3-4-7-15(13)12-19-11-9-17-14(2)16-8-5-10-18-16/h3-4,6-7,14,16-17H,5,8-12H2,1-2H3. The summed E-state index contributed by atoms with van der Waals surface area (Å²) in [6, 6.07) is 9.13. The third-order valence-electron chi connectivity index (χ3n) is 3.75. The van der Waals surface area contributed by atoms with E-state index in [0.29, 0.717) is 12.1 Å². The molecule has 1 aliphatic rings. The third kappa shape index (κ3) is 4.83. The minimum atomic E-state index is 0.432. The fourth-order valence-electron chi connectivity index (χ4n) is 2.44. The molecule has 1 fully saturated rings. The molecule has 0 spiro atoms. The van der Waals surface area contributed by atoms with Crippen LogP contribution in [-0.2, 0) is 10.5 Å². The smallest absolute Gasteiger partial charge is 0.0726 e. The van der Waals surface area contributed by atoms with Gasteiger partial charge in [-0.1, -0.05) is 24.3 Å². The summed E-state index contributed by atoms with van der Waals surface area (Å²) in [4.78, 5) is 0. The first-order chi connectivity index (χ1) is 9.27. The van der Waals surface area contributed by atoms with Gasteiger partial charge in [-0.05, 0) is 37.8 Å². The number of thioether (sulfide) groups is 1. The van der Waals surface area contributed by atoms with Gasteiger partial charge >= 0.3 is 0 Å². The Labute approximate surface area is 121 Å². The van der Waals surface area contributed by atoms with Gasteiger partial charge in [0.25, 0.3) is 0 Å². The quantitative estimate of drug-likeness (QED) is 0.773. The summed E-state index contributed by atoms with van der Waals surface area (Å²) in [5.74, 6) is 2.27. The Morgan fingerprint density at radius 1 is 1.42 bits per heavy atom. The van der Waals surface area contributed by atoms with Crippen LogP contribution >= 0.6 is 11.8 Å². The van der Waals surface area contributed by atoms with E-state index in [-0.39, 0.29) is 0 Å². The van der Waals surface area contributed by atoms with Crippen LogP contribution in [0.4, 0.5) is 0 Å². The van der Waals surface area contributed by atoms with E-state index in [9.17, 15) is 0 Å². The molecule has 2 nitrogen and oxygen atoms in total. The highest BCUT2D eigenvalue weighted by atomic mass is 32.2. The molecule has 1 aromatic rings. The topological polar surface area (TPSA) is 21.3 Å². The molecule has 1 aliphatic heterocycles. The molecule has 0 saturated carbocycles. The summed E-state index contributed by atoms with van der Waals surface area (Å²) in [6.45, 7) is 6.44. The van der Waals surface area contributed by atoms with Crippen LogP contribution < -0.4 is 5.32 Å². The van der Waals surface area contributed by atoms with Gasteiger partial charge < -0.3 is 10.1 Å². The maximum atomic E-state index is 5.69. The summed E-state index contributed by atoms with van der Waals surface area (Å²) in [7, 11) is 0. The van der Waals surface area contributed by atoms with Crippen LogP contribution in [0.25, 0.3) is 0 Å². The zero-order chi connectivity index (χ0) is 13.5. The van der Waals surface area contributed by atoms with E-state index >= 15 is 0 Å². The van der Waals surface area contributed by atoms with E-state index in [0.717, 1.165) is 24.7 Å². The minimum Gasteiger partial charge on any atom is -0.377 e. The van der Waals surface area contributed by atoms with Crippen LogP contribution in [0.3, 0.4) is 0 Å². The van der Waals surface area contributed by atoms with Crippen LogP contribution in [0.2, 0.25) is 0 Å². The Balaban J connectivity index is 1.58. The van der Waals surface area contributed by atoms with Crippen LogP contribution in [0.1, 0.15) is 30.9 Å². The molecular formula is C16H25NOS. The summed E-state index contributed by atoms with van der Waals surface area (Å²) >= 11 is 2.00. The fourth-order valence-corrected chi connectivity index (χ4v) is 3.39. The van der Waals surface area contributed by atoms with E-state index in [1.807, 2.05) is 11.8 Å². The molecule has 19 heavy (non-hydrogen) atoms. The Kier molecular flexibility index (Phi) is 6.21. The maximum Gasteiger partial charge on any atom is 0.0726 e. The molecule has 0 aromatic heterocycles. The first kappa shape index (κ1) is 14.9. The monoisotopic (exact) mass is 279 g/mol. The Morgan fingerprint density at radius 3 is 3.00 bits per heavy atom. The molecule has 106 valence electrons. The molecule has 2 atom stereocenters. The molecule has 0 radical (unpaired) electrons. The van der Waals surface area contributed by atoms with E-state index < -0.39 is 0 Å². The molecule has 2 rings (SSSR count). The molecule has 0 bridgehead atoms. The molecule has 0 aliphatic carbocycles. The lowest BCUT2D eigenvalue weighted by molar-refractivity contribution is 0.0844. The Hall–Kier alpha value is -0.510. The summed E-state index contributed by atoms with van der Waals surface area (Å²) in [6.07, 6.45) is 2.87. The molecule has 1 saturated heterocycles. The van der Waals surface area contributed by atoms with Crippen molar-refractivity contribution in [1.82, 2.24) is 5.32 Å². The molecule has 1 heterocycles. The van der Waals surface area contributed by atoms with E-state index in [1.54, 1.807) is 0 Å². The fraction of sp³-hybridized carbons (Fsp3) is 0.625. The number of nitrogens with one attached hydrogen (secondary N) is 1. The predicted molar refractivity (Wildman–Crippen MR) is 83.8 cm³/mol. The normalized spacial score (nSPS) is 20.6. The van der Waals surface area contributed by atoms with Crippen molar-refractivity contribution in [3.05, 3.63) is 35.4 Å². The van der Waals surface area contributed by atoms with Crippen molar-refractivity contribution in [2.75, 3.05) is 18.9 Å². The zero-order valence-electron chi connectivity index (χ0n) is 12.0. The van der Waals surface area contributed by atoms with Crippen LogP contribution in [-0.4, -0.2) is 31.1 Å². The van der Waals surface area contributed by atoms with Gasteiger partial charge in [0.1, 0.15) is 0 Å². The second kappa shape index (κ2) is 7.93. The second-order valence-corrected chi connectivity index (χ2v) is 6.38. The lowest BCUT2D eigenvalue weighted by Crippen LogP contribution is -2.38. The van der Waals surface area contributed by atoms with Crippen molar-refractivity contribution >= 4 is 11.8 Å². The molecular weight excluding hydrogens is 254 g/mol. The maximum absolute atomic E-state index is 5.69. The van der Waals surface area contributed by atoms with Gasteiger partial charge in [0.05, 0.1) is 6.10 Å². The largest absolute Gasteiger partial charge is 0.377 e. The number of hydrogen-bond acceptors (Lipinski definition) is 3. The minimum absolute atomic E-state index is 0.432. The van der Waals surface area contributed by atoms with Crippen molar-refractivity contribution < 1.29 is 4.74 Å². The van der Waals surface area contributed by atoms with Gasteiger partial charge in [0.15, 0.2) is 0 Å². The van der Waals surface area contributed by atoms with Gasteiger partial charge in [0, 0.05) is 30.7 Å². The highest BCUT2D eigenvalue weighted by Crippen LogP contribution is 2.17. The van der Waals surface area contributed by atoms with Crippen molar-refractivity contribution in [2.45, 2.75) is 44.6 Å². The lowest BCUT2D eigenvalue weighted by Gasteiger charge is -2.19. The molecule has 3 heteroatoms. The lowest BCUT2D eigenvalue weighted by atomic mass is 10.1. The van der Waals surface area contributed by atoms with Crippen LogP contribution in [0.5, 0.6) is 0 Å². The van der Waals surface area contributed by atoms with Crippen molar-refractivity contribution in [3.63, 3.8) is 0 Å². The van der Waals surface area contributed by atoms with Gasteiger partial charge in [-0.3, -0.25) is 0 Å². The highest BCUT2D eigenvalue weighted by molar-refractivity contribution is 7.98. The van der Waals surface area contributed by atoms with Crippen LogP contribution in [0, 0.1) is 6.92 Å². The predicted octanol–water partition coefficient (Wildman–Crippen LogP) is 3.39. The van der Waals surface area contributed by atoms with Gasteiger partial charge in [-0.25, -0.2) is 0 Å². The van der Waals surface area contributed by atoms with Gasteiger partial charge in [-0.15, -0.1) is 0 Å². The molecule has 1 N–H and O–H groups in total. The first-order valence-corrected chi connectivity index (χ1v) is 8.40. The van der Waals surface area contributed by atoms with Gasteiger partial charge in [0.2, 0.25) is 0 Å². The van der Waals surface area contributed by atoms with Crippen molar-refractivity contribution in [2.24, 2.45) is 0 Å². The summed E-state index contributed by atoms with van der Waals surface area (Å²) in [5, 5.41) is 3.58. The average Bonchev–Trinajstić information content (AvgIpc) is 2.94. The number of rotatable bonds is 7. The third-order valence-corrected chi connectivity index (χ3v) is 4.76. The zero-order valence-corrected chi connectivity index (χ0v) is 12.8. The van der Waals surface area contributed by atoms with Crippen LogP contribution in [0.15, 0.2) is 24.3 Å². The number of aryl methyl sites for hydroxylation is 1. The average molecular weight is 279 g/mol. The Bertz CT molecular complexity index is 377. The van der Waals surface area contributed by atoms with Crippen molar-refractivity contribution in [3.8, 4) is 0 Å². The number of ether oxygens (including phenoxy) is 1. The summed E-state index contributed by atoms with van der Waals surface area (Å²) < 4.78 is 5.69. The molecule has 0 amide bonds. The van der Waals surface area contributed by atoms with Crippen molar-refractivity contribution in [1.29, 1.82) is 0 Å². The number of benzene rings is 1. The Morgan fingerprint density at radius 2 is 2.26 bits per heavy atom. The second-order valence-electron chi connectivity index (χ2n) is 5.27. The number of hydrogen-bond donors (Lipinski definition) is 1.